The van der Waals surface area contributed by atoms with Gasteiger partial charge in [-0.25, -0.2) is 9.97 Å². The Morgan fingerprint density at radius 1 is 1.06 bits per heavy atom. The van der Waals surface area contributed by atoms with Crippen molar-refractivity contribution in [3.05, 3.63) is 78.6 Å². The predicted molar refractivity (Wildman–Crippen MR) is 129 cm³/mol. The third-order valence-electron chi connectivity index (χ3n) is 6.03. The molecule has 9 heteroatoms. The van der Waals surface area contributed by atoms with E-state index in [9.17, 15) is 4.79 Å². The van der Waals surface area contributed by atoms with Crippen molar-refractivity contribution in [1.82, 2.24) is 29.6 Å². The minimum Gasteiger partial charge on any atom is -0.493 e. The number of methoxy groups -OCH3 is 1. The number of likely N-dealkylation sites (tertiary alicyclic amines) is 1. The van der Waals surface area contributed by atoms with Crippen LogP contribution in [0.3, 0.4) is 0 Å². The lowest BCUT2D eigenvalue weighted by Gasteiger charge is -2.32. The number of ether oxygens (including phenoxy) is 2. The quantitative estimate of drug-likeness (QED) is 0.419. The first-order valence-electron chi connectivity index (χ1n) is 11.5. The molecule has 4 aromatic rings. The zero-order valence-electron chi connectivity index (χ0n) is 19.7. The fourth-order valence-electron chi connectivity index (χ4n) is 4.32. The van der Waals surface area contributed by atoms with E-state index in [1.165, 1.54) is 0 Å². The monoisotopic (exact) mass is 470 g/mol. The van der Waals surface area contributed by atoms with Crippen molar-refractivity contribution in [2.24, 2.45) is 7.05 Å². The van der Waals surface area contributed by atoms with Crippen molar-refractivity contribution in [3.8, 4) is 28.6 Å². The Bertz CT molecular complexity index is 1340. The van der Waals surface area contributed by atoms with Crippen molar-refractivity contribution in [1.29, 1.82) is 0 Å². The summed E-state index contributed by atoms with van der Waals surface area (Å²) in [6.07, 6.45) is 8.62. The van der Waals surface area contributed by atoms with Gasteiger partial charge < -0.3 is 14.4 Å². The summed E-state index contributed by atoms with van der Waals surface area (Å²) in [4.78, 5) is 28.9. The number of nitrogens with zero attached hydrogens (tertiary/aromatic N) is 6. The van der Waals surface area contributed by atoms with E-state index in [1.807, 2.05) is 54.5 Å². The Labute approximate surface area is 203 Å². The normalized spacial score (nSPS) is 15.6. The Hall–Kier alpha value is -4.27. The molecule has 1 aromatic carbocycles. The van der Waals surface area contributed by atoms with Crippen molar-refractivity contribution < 1.29 is 14.3 Å². The third kappa shape index (κ3) is 4.84. The zero-order valence-corrected chi connectivity index (χ0v) is 19.7. The van der Waals surface area contributed by atoms with Crippen molar-refractivity contribution >= 4 is 5.91 Å². The molecule has 0 aliphatic carbocycles. The summed E-state index contributed by atoms with van der Waals surface area (Å²) >= 11 is 0. The van der Waals surface area contributed by atoms with Crippen LogP contribution < -0.4 is 9.47 Å². The van der Waals surface area contributed by atoms with Gasteiger partial charge in [0.25, 0.3) is 5.91 Å². The van der Waals surface area contributed by atoms with Crippen molar-refractivity contribution in [2.45, 2.75) is 18.8 Å². The molecule has 9 nitrogen and oxygen atoms in total. The Morgan fingerprint density at radius 2 is 1.89 bits per heavy atom. The topological polar surface area (TPSA) is 95.3 Å². The molecule has 0 spiro atoms. The summed E-state index contributed by atoms with van der Waals surface area (Å²) in [7, 11) is 3.45. The number of hydrogen-bond acceptors (Lipinski definition) is 7. The number of aromatic nitrogens is 5. The molecule has 1 amide bonds. The van der Waals surface area contributed by atoms with Crippen LogP contribution in [0.2, 0.25) is 0 Å². The SMILES string of the molecule is COc1ccccc1Oc1nccnc1C1CCCN(C(=O)c2cccc(-c3cnn(C)c3)n2)C1. The minimum atomic E-state index is -0.100. The summed E-state index contributed by atoms with van der Waals surface area (Å²) in [5.74, 6) is 1.50. The molecule has 35 heavy (non-hydrogen) atoms. The summed E-state index contributed by atoms with van der Waals surface area (Å²) in [6, 6.07) is 12.9. The van der Waals surface area contributed by atoms with Gasteiger partial charge >= 0.3 is 0 Å². The number of aryl methyl sites for hydroxylation is 1. The Kier molecular flexibility index (Phi) is 6.38. The highest BCUT2D eigenvalue weighted by Gasteiger charge is 2.29. The number of benzene rings is 1. The maximum absolute atomic E-state index is 13.4. The van der Waals surface area contributed by atoms with Gasteiger partial charge in [0, 0.05) is 50.2 Å². The van der Waals surface area contributed by atoms with Crippen LogP contribution in [0.1, 0.15) is 34.9 Å². The van der Waals surface area contributed by atoms with Crippen LogP contribution in [0.5, 0.6) is 17.4 Å². The van der Waals surface area contributed by atoms with E-state index in [0.717, 1.165) is 29.8 Å². The van der Waals surface area contributed by atoms with E-state index in [2.05, 4.69) is 20.1 Å². The average molecular weight is 471 g/mol. The van der Waals surface area contributed by atoms with E-state index < -0.39 is 0 Å². The van der Waals surface area contributed by atoms with Gasteiger partial charge in [-0.2, -0.15) is 5.10 Å². The lowest BCUT2D eigenvalue weighted by atomic mass is 9.94. The molecule has 0 N–H and O–H groups in total. The van der Waals surface area contributed by atoms with Crippen LogP contribution in [0, 0.1) is 0 Å². The molecule has 1 saturated heterocycles. The van der Waals surface area contributed by atoms with Crippen LogP contribution >= 0.6 is 0 Å². The van der Waals surface area contributed by atoms with Gasteiger partial charge in [-0.1, -0.05) is 18.2 Å². The summed E-state index contributed by atoms with van der Waals surface area (Å²) < 4.78 is 13.2. The molecule has 0 saturated carbocycles. The molecule has 1 aliphatic rings. The van der Waals surface area contributed by atoms with Gasteiger partial charge in [0.05, 0.1) is 19.0 Å². The van der Waals surface area contributed by atoms with Gasteiger partial charge in [-0.15, -0.1) is 0 Å². The smallest absolute Gasteiger partial charge is 0.272 e. The van der Waals surface area contributed by atoms with Crippen LogP contribution in [-0.4, -0.2) is 55.7 Å². The molecule has 5 rings (SSSR count). The van der Waals surface area contributed by atoms with Crippen molar-refractivity contribution in [2.75, 3.05) is 20.2 Å². The molecule has 3 aromatic heterocycles. The maximum Gasteiger partial charge on any atom is 0.272 e. The first-order valence-corrected chi connectivity index (χ1v) is 11.5. The molecule has 1 atom stereocenters. The highest BCUT2D eigenvalue weighted by molar-refractivity contribution is 5.93. The number of hydrogen-bond donors (Lipinski definition) is 0. The predicted octanol–water partition coefficient (Wildman–Crippen LogP) is 4.09. The summed E-state index contributed by atoms with van der Waals surface area (Å²) in [6.45, 7) is 1.18. The standard InChI is InChI=1S/C26H26N6O3/c1-31-16-19(15-29-31)20-8-5-9-21(30-20)26(33)32-14-6-7-18(17-32)24-25(28-13-12-27-24)35-23-11-4-3-10-22(23)34-2/h3-5,8-13,15-16,18H,6-7,14,17H2,1-2H3. The minimum absolute atomic E-state index is 0.00684. The number of rotatable bonds is 6. The molecule has 0 radical (unpaired) electrons. The van der Waals surface area contributed by atoms with Crippen LogP contribution in [0.15, 0.2) is 67.3 Å². The average Bonchev–Trinajstić information content (AvgIpc) is 3.35. The second-order valence-electron chi connectivity index (χ2n) is 8.40. The van der Waals surface area contributed by atoms with E-state index in [1.54, 1.807) is 36.4 Å². The van der Waals surface area contributed by atoms with Gasteiger partial charge in [-0.3, -0.25) is 14.5 Å². The third-order valence-corrected chi connectivity index (χ3v) is 6.03. The number of piperidine rings is 1. The van der Waals surface area contributed by atoms with Crippen LogP contribution in [-0.2, 0) is 7.05 Å². The molecule has 1 fully saturated rings. The second-order valence-corrected chi connectivity index (χ2v) is 8.40. The molecule has 1 unspecified atom stereocenters. The lowest BCUT2D eigenvalue weighted by Crippen LogP contribution is -2.39. The van der Waals surface area contributed by atoms with Crippen molar-refractivity contribution in [3.63, 3.8) is 0 Å². The number of carbonyl (C=O) groups is 1. The van der Waals surface area contributed by atoms with E-state index in [0.29, 0.717) is 36.2 Å². The first kappa shape index (κ1) is 22.5. The summed E-state index contributed by atoms with van der Waals surface area (Å²) in [5, 5.41) is 4.20. The summed E-state index contributed by atoms with van der Waals surface area (Å²) in [5.41, 5.74) is 2.74. The fourth-order valence-corrected chi connectivity index (χ4v) is 4.32. The molecular weight excluding hydrogens is 444 g/mol. The maximum atomic E-state index is 13.4. The first-order chi connectivity index (χ1) is 17.1. The van der Waals surface area contributed by atoms with E-state index >= 15 is 0 Å². The van der Waals surface area contributed by atoms with E-state index in [-0.39, 0.29) is 11.8 Å². The second kappa shape index (κ2) is 9.92. The number of carbonyl (C=O) groups excluding carboxylic acids is 1. The largest absolute Gasteiger partial charge is 0.493 e. The zero-order chi connectivity index (χ0) is 24.2. The number of amides is 1. The molecular formula is C26H26N6O3. The molecule has 1 aliphatic heterocycles. The lowest BCUT2D eigenvalue weighted by molar-refractivity contribution is 0.0699. The highest BCUT2D eigenvalue weighted by Crippen LogP contribution is 2.36. The van der Waals surface area contributed by atoms with Gasteiger partial charge in [-0.05, 0) is 37.1 Å². The number of pyridine rings is 1. The molecule has 0 bridgehead atoms. The fraction of sp³-hybridized carbons (Fsp3) is 0.269. The Morgan fingerprint density at radius 3 is 2.69 bits per heavy atom. The van der Waals surface area contributed by atoms with E-state index in [4.69, 9.17) is 9.47 Å². The Balaban J connectivity index is 1.36. The highest BCUT2D eigenvalue weighted by atomic mass is 16.5. The van der Waals surface area contributed by atoms with Gasteiger partial charge in [0.15, 0.2) is 11.5 Å². The van der Waals surface area contributed by atoms with Gasteiger partial charge in [0.1, 0.15) is 11.4 Å². The molecule has 178 valence electrons. The number of para-hydroxylation sites is 2. The van der Waals surface area contributed by atoms with Crippen LogP contribution in [0.4, 0.5) is 0 Å². The van der Waals surface area contributed by atoms with Gasteiger partial charge in [0.2, 0.25) is 5.88 Å². The van der Waals surface area contributed by atoms with Crippen LogP contribution in [0.25, 0.3) is 11.3 Å². The molecule has 4 heterocycles.